The van der Waals surface area contributed by atoms with Gasteiger partial charge in [0.05, 0.1) is 25.2 Å². The van der Waals surface area contributed by atoms with Crippen molar-refractivity contribution in [1.82, 2.24) is 0 Å². The molecule has 0 N–H and O–H groups in total. The number of alkyl halides is 3. The lowest BCUT2D eigenvalue weighted by Crippen LogP contribution is -2.16. The van der Waals surface area contributed by atoms with Gasteiger partial charge in [0.2, 0.25) is 11.2 Å². The highest BCUT2D eigenvalue weighted by Gasteiger charge is 2.39. The normalized spacial score (nSPS) is 11.7. The van der Waals surface area contributed by atoms with E-state index in [1.165, 1.54) is 38.5 Å². The molecule has 0 fully saturated rings. The third-order valence-corrected chi connectivity index (χ3v) is 6.22. The Kier molecular flexibility index (Phi) is 7.04. The van der Waals surface area contributed by atoms with Gasteiger partial charge >= 0.3 is 12.1 Å². The lowest BCUT2D eigenvalue weighted by molar-refractivity contribution is -0.152. The van der Waals surface area contributed by atoms with Gasteiger partial charge in [0.25, 0.3) is 0 Å². The summed E-state index contributed by atoms with van der Waals surface area (Å²) in [5.41, 5.74) is -1.07. The Hall–Kier alpha value is -5.05. The van der Waals surface area contributed by atoms with Crippen LogP contribution in [0.2, 0.25) is 0 Å². The summed E-state index contributed by atoms with van der Waals surface area (Å²) in [6.07, 6.45) is -2.34. The first-order chi connectivity index (χ1) is 19.2. The van der Waals surface area contributed by atoms with Gasteiger partial charge in [0.1, 0.15) is 11.3 Å². The molecule has 0 aliphatic heterocycles. The van der Waals surface area contributed by atoms with E-state index < -0.39 is 28.9 Å². The quantitative estimate of drug-likeness (QED) is 0.127. The van der Waals surface area contributed by atoms with Gasteiger partial charge in [-0.15, -0.1) is 0 Å². The van der Waals surface area contributed by atoms with Crippen molar-refractivity contribution < 1.29 is 36.6 Å². The molecule has 0 aliphatic carbocycles. The second-order valence-electron chi connectivity index (χ2n) is 8.69. The number of carbonyl (C=O) groups is 1. The Bertz CT molecular complexity index is 1830. The van der Waals surface area contributed by atoms with Crippen molar-refractivity contribution in [1.29, 1.82) is 0 Å². The Morgan fingerprint density at radius 1 is 0.850 bits per heavy atom. The van der Waals surface area contributed by atoms with Crippen LogP contribution in [0.1, 0.15) is 11.3 Å². The number of halogens is 3. The van der Waals surface area contributed by atoms with Crippen LogP contribution >= 0.6 is 0 Å². The first-order valence-electron chi connectivity index (χ1n) is 12.0. The predicted molar refractivity (Wildman–Crippen MR) is 145 cm³/mol. The van der Waals surface area contributed by atoms with E-state index in [0.717, 1.165) is 12.1 Å². The number of hydrogen-bond acceptors (Lipinski definition) is 6. The van der Waals surface area contributed by atoms with Crippen LogP contribution in [0.3, 0.4) is 0 Å². The van der Waals surface area contributed by atoms with Crippen molar-refractivity contribution in [2.45, 2.75) is 6.18 Å². The molecule has 5 aromatic rings. The van der Waals surface area contributed by atoms with Crippen molar-refractivity contribution >= 4 is 33.8 Å². The largest absolute Gasteiger partial charge is 0.493 e. The van der Waals surface area contributed by atoms with E-state index in [2.05, 4.69) is 0 Å². The van der Waals surface area contributed by atoms with Crippen LogP contribution in [0, 0.1) is 0 Å². The number of rotatable bonds is 6. The Morgan fingerprint density at radius 3 is 2.35 bits per heavy atom. The number of benzene rings is 4. The second kappa shape index (κ2) is 10.6. The minimum absolute atomic E-state index is 0.0865. The fraction of sp³-hybridized carbons (Fsp3) is 0.0968. The molecule has 6 nitrogen and oxygen atoms in total. The zero-order valence-electron chi connectivity index (χ0n) is 21.2. The molecule has 0 saturated heterocycles. The molecule has 40 heavy (non-hydrogen) atoms. The highest BCUT2D eigenvalue weighted by Crippen LogP contribution is 2.40. The maximum atomic E-state index is 14.2. The molecule has 202 valence electrons. The molecule has 9 heteroatoms. The maximum absolute atomic E-state index is 14.2. The maximum Gasteiger partial charge on any atom is 0.450 e. The third-order valence-electron chi connectivity index (χ3n) is 6.22. The van der Waals surface area contributed by atoms with Crippen molar-refractivity contribution in [3.05, 3.63) is 106 Å². The summed E-state index contributed by atoms with van der Waals surface area (Å²) in [5, 5.41) is 1.07. The topological polar surface area (TPSA) is 75.0 Å². The lowest BCUT2D eigenvalue weighted by Gasteiger charge is -2.14. The van der Waals surface area contributed by atoms with E-state index in [4.69, 9.17) is 18.6 Å². The molecule has 0 atom stereocenters. The summed E-state index contributed by atoms with van der Waals surface area (Å²) < 4.78 is 63.5. The first-order valence-corrected chi connectivity index (χ1v) is 12.0. The third kappa shape index (κ3) is 5.13. The van der Waals surface area contributed by atoms with E-state index in [1.54, 1.807) is 54.6 Å². The predicted octanol–water partition coefficient (Wildman–Crippen LogP) is 7.27. The fourth-order valence-electron chi connectivity index (χ4n) is 4.40. The van der Waals surface area contributed by atoms with Gasteiger partial charge in [0, 0.05) is 12.1 Å². The molecule has 0 unspecified atom stereocenters. The molecule has 4 aromatic carbocycles. The summed E-state index contributed by atoms with van der Waals surface area (Å²) in [5.74, 6) is -1.34. The lowest BCUT2D eigenvalue weighted by atomic mass is 9.96. The van der Waals surface area contributed by atoms with E-state index in [-0.39, 0.29) is 22.3 Å². The van der Waals surface area contributed by atoms with Crippen LogP contribution in [-0.4, -0.2) is 20.2 Å². The zero-order valence-corrected chi connectivity index (χ0v) is 21.2. The van der Waals surface area contributed by atoms with Gasteiger partial charge in [-0.25, -0.2) is 4.79 Å². The Morgan fingerprint density at radius 2 is 1.60 bits per heavy atom. The summed E-state index contributed by atoms with van der Waals surface area (Å²) in [7, 11) is 2.98. The van der Waals surface area contributed by atoms with Crippen LogP contribution in [0.4, 0.5) is 13.2 Å². The minimum atomic E-state index is -4.96. The molecule has 1 heterocycles. The molecule has 5 rings (SSSR count). The zero-order chi connectivity index (χ0) is 28.4. The van der Waals surface area contributed by atoms with Crippen LogP contribution < -0.4 is 19.6 Å². The number of esters is 1. The van der Waals surface area contributed by atoms with Gasteiger partial charge in [-0.05, 0) is 52.2 Å². The summed E-state index contributed by atoms with van der Waals surface area (Å²) >= 11 is 0. The number of carbonyl (C=O) groups excluding carboxylic acids is 1. The number of fused-ring (bicyclic) bond motifs is 2. The van der Waals surface area contributed by atoms with Gasteiger partial charge in [-0.3, -0.25) is 4.79 Å². The first kappa shape index (κ1) is 26.6. The van der Waals surface area contributed by atoms with E-state index >= 15 is 0 Å². The Labute approximate surface area is 225 Å². The van der Waals surface area contributed by atoms with Crippen molar-refractivity contribution in [3.63, 3.8) is 0 Å². The number of hydrogen-bond donors (Lipinski definition) is 0. The molecule has 1 aromatic heterocycles. The van der Waals surface area contributed by atoms with Gasteiger partial charge in [-0.1, -0.05) is 48.5 Å². The molecule has 0 spiro atoms. The minimum Gasteiger partial charge on any atom is -0.493 e. The van der Waals surface area contributed by atoms with Crippen molar-refractivity contribution in [2.75, 3.05) is 14.2 Å². The van der Waals surface area contributed by atoms with E-state index in [0.29, 0.717) is 27.8 Å². The van der Waals surface area contributed by atoms with Crippen LogP contribution in [0.25, 0.3) is 38.9 Å². The van der Waals surface area contributed by atoms with Crippen LogP contribution in [0.5, 0.6) is 17.2 Å². The Balaban J connectivity index is 1.51. The molecular formula is C31H21F3O6. The van der Waals surface area contributed by atoms with Crippen LogP contribution in [-0.2, 0) is 11.0 Å². The van der Waals surface area contributed by atoms with Gasteiger partial charge in [0.15, 0.2) is 11.5 Å². The fourth-order valence-corrected chi connectivity index (χ4v) is 4.40. The van der Waals surface area contributed by atoms with E-state index in [9.17, 15) is 22.8 Å². The second-order valence-corrected chi connectivity index (χ2v) is 8.69. The van der Waals surface area contributed by atoms with Gasteiger partial charge < -0.3 is 18.6 Å². The van der Waals surface area contributed by atoms with Crippen molar-refractivity contribution in [3.8, 4) is 28.4 Å². The SMILES string of the molecule is COc1ccc(/C=C/C(=O)Oc2ccc3c(=O)c(-c4cccc5ccccc45)c(C(F)(F)F)oc3c2)cc1OC. The molecule has 0 aliphatic rings. The average molecular weight is 546 g/mol. The monoisotopic (exact) mass is 546 g/mol. The molecule has 0 amide bonds. The highest BCUT2D eigenvalue weighted by atomic mass is 19.4. The summed E-state index contributed by atoms with van der Waals surface area (Å²) in [6.45, 7) is 0. The highest BCUT2D eigenvalue weighted by molar-refractivity contribution is 5.99. The average Bonchev–Trinajstić information content (AvgIpc) is 2.95. The molecule has 0 saturated carbocycles. The number of methoxy groups -OCH3 is 2. The summed E-state index contributed by atoms with van der Waals surface area (Å²) in [6, 6.07) is 20.3. The van der Waals surface area contributed by atoms with Gasteiger partial charge in [-0.2, -0.15) is 13.2 Å². The molecule has 0 bridgehead atoms. The molecule has 0 radical (unpaired) electrons. The number of ether oxygens (including phenoxy) is 3. The standard InChI is InChI=1S/C31H21F3O6/c1-37-24-14-10-18(16-26(24)38-2)11-15-27(35)39-20-12-13-23-25(17-20)40-30(31(32,33)34)28(29(23)36)22-9-5-7-19-6-3-4-8-21(19)22/h3-17H,1-2H3/b15-11+. The summed E-state index contributed by atoms with van der Waals surface area (Å²) in [4.78, 5) is 25.9. The molecular weight excluding hydrogens is 525 g/mol. The van der Waals surface area contributed by atoms with Crippen LogP contribution in [0.15, 0.2) is 94.2 Å². The van der Waals surface area contributed by atoms with Crippen molar-refractivity contribution in [2.24, 2.45) is 0 Å². The smallest absolute Gasteiger partial charge is 0.450 e. The van der Waals surface area contributed by atoms with E-state index in [1.807, 2.05) is 0 Å².